The van der Waals surface area contributed by atoms with E-state index in [-0.39, 0.29) is 0 Å². The van der Waals surface area contributed by atoms with Gasteiger partial charge in [-0.15, -0.1) is 0 Å². The molecule has 1 aliphatic rings. The zero-order valence-corrected chi connectivity index (χ0v) is 9.96. The molecule has 0 saturated carbocycles. The molecule has 1 heteroatoms. The fraction of sp³-hybridized carbons (Fsp3) is 0.125. The molecule has 2 N–H and O–H groups in total. The first-order chi connectivity index (χ1) is 8.15. The molecule has 84 valence electrons. The van der Waals surface area contributed by atoms with Crippen molar-refractivity contribution in [1.82, 2.24) is 0 Å². The second-order valence-electron chi connectivity index (χ2n) is 4.75. The van der Waals surface area contributed by atoms with Crippen molar-refractivity contribution in [1.29, 1.82) is 0 Å². The van der Waals surface area contributed by atoms with Crippen LogP contribution in [-0.4, -0.2) is 0 Å². The summed E-state index contributed by atoms with van der Waals surface area (Å²) in [5.41, 5.74) is 14.4. The van der Waals surface area contributed by atoms with Crippen LogP contribution in [-0.2, 0) is 6.42 Å². The van der Waals surface area contributed by atoms with Crippen LogP contribution in [0.15, 0.2) is 43.0 Å². The minimum absolute atomic E-state index is 0.844. The fourth-order valence-corrected chi connectivity index (χ4v) is 2.50. The van der Waals surface area contributed by atoms with E-state index in [1.165, 1.54) is 27.8 Å². The van der Waals surface area contributed by atoms with Gasteiger partial charge in [0.25, 0.3) is 0 Å². The normalized spacial score (nSPS) is 12.1. The van der Waals surface area contributed by atoms with Gasteiger partial charge in [0.1, 0.15) is 0 Å². The first kappa shape index (κ1) is 10.2. The van der Waals surface area contributed by atoms with E-state index < -0.39 is 0 Å². The highest BCUT2D eigenvalue weighted by Gasteiger charge is 2.18. The van der Waals surface area contributed by atoms with Crippen molar-refractivity contribution in [2.45, 2.75) is 13.3 Å². The Labute approximate surface area is 102 Å². The van der Waals surface area contributed by atoms with E-state index in [2.05, 4.69) is 36.9 Å². The monoisotopic (exact) mass is 221 g/mol. The molecule has 2 aromatic carbocycles. The van der Waals surface area contributed by atoms with E-state index in [4.69, 9.17) is 5.73 Å². The quantitative estimate of drug-likeness (QED) is 0.620. The van der Waals surface area contributed by atoms with Crippen LogP contribution in [0.5, 0.6) is 0 Å². The number of hydrogen-bond acceptors (Lipinski definition) is 1. The van der Waals surface area contributed by atoms with Gasteiger partial charge < -0.3 is 5.73 Å². The minimum Gasteiger partial charge on any atom is -0.399 e. The highest BCUT2D eigenvalue weighted by molar-refractivity contribution is 5.80. The molecule has 1 nitrogen and oxygen atoms in total. The standard InChI is InChI=1S/C16H15N/c1-10(2)11-3-5-15-12(7-11)8-13-9-14(17)4-6-16(13)15/h3-7,9H,1,8,17H2,2H3. The molecule has 17 heavy (non-hydrogen) atoms. The zero-order chi connectivity index (χ0) is 12.0. The van der Waals surface area contributed by atoms with Crippen LogP contribution >= 0.6 is 0 Å². The number of benzene rings is 2. The van der Waals surface area contributed by atoms with Crippen LogP contribution in [0.4, 0.5) is 5.69 Å². The van der Waals surface area contributed by atoms with Crippen LogP contribution in [0.2, 0.25) is 0 Å². The van der Waals surface area contributed by atoms with Crippen LogP contribution in [0.3, 0.4) is 0 Å². The van der Waals surface area contributed by atoms with Gasteiger partial charge in [0, 0.05) is 5.69 Å². The van der Waals surface area contributed by atoms with Gasteiger partial charge in [-0.3, -0.25) is 0 Å². The van der Waals surface area contributed by atoms with Gasteiger partial charge in [0.15, 0.2) is 0 Å². The van der Waals surface area contributed by atoms with Crippen molar-refractivity contribution in [3.05, 3.63) is 59.7 Å². The van der Waals surface area contributed by atoms with Gasteiger partial charge in [0.2, 0.25) is 0 Å². The van der Waals surface area contributed by atoms with Crippen LogP contribution in [0.25, 0.3) is 16.7 Å². The summed E-state index contributed by atoms with van der Waals surface area (Å²) >= 11 is 0. The van der Waals surface area contributed by atoms with Crippen molar-refractivity contribution in [3.8, 4) is 11.1 Å². The lowest BCUT2D eigenvalue weighted by molar-refractivity contribution is 1.26. The Morgan fingerprint density at radius 2 is 1.71 bits per heavy atom. The maximum Gasteiger partial charge on any atom is 0.0317 e. The topological polar surface area (TPSA) is 26.0 Å². The Morgan fingerprint density at radius 3 is 2.41 bits per heavy atom. The Hall–Kier alpha value is -2.02. The zero-order valence-electron chi connectivity index (χ0n) is 9.96. The lowest BCUT2D eigenvalue weighted by Gasteiger charge is -2.04. The molecule has 0 saturated heterocycles. The number of rotatable bonds is 1. The molecule has 1 aliphatic carbocycles. The van der Waals surface area contributed by atoms with Gasteiger partial charge in [0.05, 0.1) is 0 Å². The number of nitrogens with two attached hydrogens (primary N) is 1. The fourth-order valence-electron chi connectivity index (χ4n) is 2.50. The average molecular weight is 221 g/mol. The predicted molar refractivity (Wildman–Crippen MR) is 73.8 cm³/mol. The summed E-state index contributed by atoms with van der Waals surface area (Å²) in [5.74, 6) is 0. The van der Waals surface area contributed by atoms with Gasteiger partial charge in [-0.25, -0.2) is 0 Å². The van der Waals surface area contributed by atoms with Crippen molar-refractivity contribution in [3.63, 3.8) is 0 Å². The number of nitrogen functional groups attached to an aromatic ring is 1. The molecule has 0 heterocycles. The lowest BCUT2D eigenvalue weighted by atomic mass is 10.0. The minimum atomic E-state index is 0.844. The van der Waals surface area contributed by atoms with Gasteiger partial charge in [-0.05, 0) is 53.3 Å². The Kier molecular flexibility index (Phi) is 2.08. The molecule has 0 amide bonds. The Bertz CT molecular complexity index is 623. The van der Waals surface area contributed by atoms with Crippen molar-refractivity contribution >= 4 is 11.3 Å². The third kappa shape index (κ3) is 1.55. The molecule has 0 aliphatic heterocycles. The van der Waals surface area contributed by atoms with Crippen molar-refractivity contribution < 1.29 is 0 Å². The van der Waals surface area contributed by atoms with Gasteiger partial charge in [-0.1, -0.05) is 36.4 Å². The van der Waals surface area contributed by atoms with Crippen molar-refractivity contribution in [2.75, 3.05) is 5.73 Å². The van der Waals surface area contributed by atoms with Gasteiger partial charge in [-0.2, -0.15) is 0 Å². The second kappa shape index (κ2) is 3.49. The van der Waals surface area contributed by atoms with Crippen LogP contribution in [0, 0.1) is 0 Å². The largest absolute Gasteiger partial charge is 0.399 e. The number of allylic oxidation sites excluding steroid dienone is 1. The summed E-state index contributed by atoms with van der Waals surface area (Å²) in [6.45, 7) is 6.04. The summed E-state index contributed by atoms with van der Waals surface area (Å²) < 4.78 is 0. The average Bonchev–Trinajstić information content (AvgIpc) is 2.64. The highest BCUT2D eigenvalue weighted by atomic mass is 14.5. The van der Waals surface area contributed by atoms with Gasteiger partial charge >= 0.3 is 0 Å². The first-order valence-electron chi connectivity index (χ1n) is 5.83. The van der Waals surface area contributed by atoms with Crippen LogP contribution < -0.4 is 5.73 Å². The third-order valence-corrected chi connectivity index (χ3v) is 3.40. The molecule has 0 radical (unpaired) electrons. The Morgan fingerprint density at radius 1 is 1.06 bits per heavy atom. The van der Waals surface area contributed by atoms with Crippen LogP contribution in [0.1, 0.15) is 23.6 Å². The first-order valence-corrected chi connectivity index (χ1v) is 5.83. The molecule has 0 unspecified atom stereocenters. The van der Waals surface area contributed by atoms with E-state index in [1.54, 1.807) is 0 Å². The van der Waals surface area contributed by atoms with E-state index in [0.29, 0.717) is 0 Å². The summed E-state index contributed by atoms with van der Waals surface area (Å²) in [6, 6.07) is 12.8. The maximum atomic E-state index is 5.83. The molecule has 0 bridgehead atoms. The smallest absolute Gasteiger partial charge is 0.0317 e. The van der Waals surface area contributed by atoms with Crippen molar-refractivity contribution in [2.24, 2.45) is 0 Å². The molecule has 0 spiro atoms. The molecule has 0 atom stereocenters. The summed E-state index contributed by atoms with van der Waals surface area (Å²) in [6.07, 6.45) is 0.983. The van der Waals surface area contributed by atoms with E-state index in [0.717, 1.165) is 17.7 Å². The maximum absolute atomic E-state index is 5.83. The molecular weight excluding hydrogens is 206 g/mol. The second-order valence-corrected chi connectivity index (χ2v) is 4.75. The SMILES string of the molecule is C=C(C)c1ccc2c(c1)Cc1cc(N)ccc1-2. The molecule has 2 aromatic rings. The summed E-state index contributed by atoms with van der Waals surface area (Å²) in [4.78, 5) is 0. The Balaban J connectivity index is 2.15. The van der Waals surface area contributed by atoms with E-state index in [1.807, 2.05) is 13.0 Å². The predicted octanol–water partition coefficient (Wildman–Crippen LogP) is 3.87. The molecule has 0 fully saturated rings. The molecular formula is C16H15N. The molecule has 0 aromatic heterocycles. The van der Waals surface area contributed by atoms with E-state index >= 15 is 0 Å². The van der Waals surface area contributed by atoms with E-state index in [9.17, 15) is 0 Å². The summed E-state index contributed by atoms with van der Waals surface area (Å²) in [7, 11) is 0. The third-order valence-electron chi connectivity index (χ3n) is 3.40. The summed E-state index contributed by atoms with van der Waals surface area (Å²) in [5, 5.41) is 0. The number of fused-ring (bicyclic) bond motifs is 3. The number of hydrogen-bond donors (Lipinski definition) is 1. The lowest BCUT2D eigenvalue weighted by Crippen LogP contribution is -1.86. The number of anilines is 1. The molecule has 3 rings (SSSR count). The highest BCUT2D eigenvalue weighted by Crippen LogP contribution is 2.38.